The molecule has 1 fully saturated rings. The first-order valence-corrected chi connectivity index (χ1v) is 10.8. The number of carbonyl (C=O) groups is 1. The molecule has 2 aromatic rings. The van der Waals surface area contributed by atoms with E-state index in [1.807, 2.05) is 0 Å². The fraction of sp³-hybridized carbons (Fsp3) is 0.435. The molecule has 0 aliphatic carbocycles. The van der Waals surface area contributed by atoms with E-state index in [1.54, 1.807) is 6.07 Å². The van der Waals surface area contributed by atoms with E-state index in [0.717, 1.165) is 12.1 Å². The van der Waals surface area contributed by atoms with Crippen LogP contribution in [-0.2, 0) is 20.6 Å². The number of hydrogen-bond donors (Lipinski definition) is 8. The Hall–Kier alpha value is -3.33. The second-order valence-electron chi connectivity index (χ2n) is 8.13. The molecule has 0 bridgehead atoms. The molecule has 2 aromatic carbocycles. The number of aliphatic hydroxyl groups is 4. The van der Waals surface area contributed by atoms with Gasteiger partial charge in [-0.1, -0.05) is 6.07 Å². The molecule has 0 saturated carbocycles. The van der Waals surface area contributed by atoms with E-state index in [2.05, 4.69) is 0 Å². The average molecular weight is 512 g/mol. The third-order valence-corrected chi connectivity index (χ3v) is 5.59. The van der Waals surface area contributed by atoms with Crippen molar-refractivity contribution in [3.8, 4) is 28.7 Å². The molecule has 1 aliphatic heterocycles. The van der Waals surface area contributed by atoms with Gasteiger partial charge in [0.25, 0.3) is 0 Å². The minimum atomic E-state index is -1.75. The topological polar surface area (TPSA) is 216 Å². The Morgan fingerprint density at radius 3 is 2.25 bits per heavy atom. The van der Waals surface area contributed by atoms with Gasteiger partial charge in [0.1, 0.15) is 31.0 Å². The molecule has 1 aliphatic rings. The van der Waals surface area contributed by atoms with Crippen molar-refractivity contribution >= 4 is 5.97 Å². The Balaban J connectivity index is 1.66. The summed E-state index contributed by atoms with van der Waals surface area (Å²) in [6.07, 6.45) is -8.85. The average Bonchev–Trinajstić information content (AvgIpc) is 2.86. The summed E-state index contributed by atoms with van der Waals surface area (Å²) in [6.45, 7) is -1.13. The van der Waals surface area contributed by atoms with Crippen LogP contribution in [0.3, 0.4) is 0 Å². The highest BCUT2D eigenvalue weighted by Crippen LogP contribution is 2.35. The molecule has 6 atom stereocenters. The molecular formula is C23H28O13. The second kappa shape index (κ2) is 11.6. The summed E-state index contributed by atoms with van der Waals surface area (Å²) in [5.74, 6) is -3.27. The minimum Gasteiger partial charge on any atom is -0.504 e. The molecule has 0 spiro atoms. The Morgan fingerprint density at radius 2 is 1.64 bits per heavy atom. The molecule has 0 aromatic heterocycles. The van der Waals surface area contributed by atoms with Crippen LogP contribution in [0.25, 0.3) is 0 Å². The van der Waals surface area contributed by atoms with E-state index in [4.69, 9.17) is 18.9 Å². The lowest BCUT2D eigenvalue weighted by Crippen LogP contribution is -2.60. The van der Waals surface area contributed by atoms with Crippen molar-refractivity contribution in [3.63, 3.8) is 0 Å². The van der Waals surface area contributed by atoms with E-state index in [9.17, 15) is 45.6 Å². The van der Waals surface area contributed by atoms with Gasteiger partial charge in [0.05, 0.1) is 25.4 Å². The lowest BCUT2D eigenvalue weighted by molar-refractivity contribution is -0.312. The molecule has 13 nitrogen and oxygen atoms in total. The first kappa shape index (κ1) is 27.3. The van der Waals surface area contributed by atoms with Crippen LogP contribution >= 0.6 is 0 Å². The van der Waals surface area contributed by atoms with Gasteiger partial charge in [0, 0.05) is 6.42 Å². The van der Waals surface area contributed by atoms with Gasteiger partial charge in [-0.05, 0) is 29.8 Å². The summed E-state index contributed by atoms with van der Waals surface area (Å²) in [6, 6.07) is 6.20. The summed E-state index contributed by atoms with van der Waals surface area (Å²) in [7, 11) is 1.37. The first-order chi connectivity index (χ1) is 17.0. The van der Waals surface area contributed by atoms with Crippen molar-refractivity contribution in [2.24, 2.45) is 0 Å². The normalized spacial score (nSPS) is 24.8. The molecule has 1 saturated heterocycles. The van der Waals surface area contributed by atoms with Crippen molar-refractivity contribution < 1.29 is 64.6 Å². The van der Waals surface area contributed by atoms with Crippen molar-refractivity contribution in [1.29, 1.82) is 0 Å². The highest BCUT2D eigenvalue weighted by molar-refractivity contribution is 5.91. The van der Waals surface area contributed by atoms with Gasteiger partial charge in [-0.25, -0.2) is 4.79 Å². The number of hydrogen-bond acceptors (Lipinski definition) is 13. The van der Waals surface area contributed by atoms with Crippen LogP contribution in [-0.4, -0.2) is 104 Å². The number of rotatable bonds is 9. The van der Waals surface area contributed by atoms with Crippen molar-refractivity contribution in [2.75, 3.05) is 20.3 Å². The summed E-state index contributed by atoms with van der Waals surface area (Å²) >= 11 is 0. The summed E-state index contributed by atoms with van der Waals surface area (Å²) in [5.41, 5.74) is 0.298. The van der Waals surface area contributed by atoms with E-state index >= 15 is 0 Å². The van der Waals surface area contributed by atoms with Crippen LogP contribution in [0, 0.1) is 0 Å². The molecule has 0 amide bonds. The van der Waals surface area contributed by atoms with E-state index in [-0.39, 0.29) is 23.5 Å². The SMILES string of the molecule is COc1cc(CC(CO)O[C@@H]2O[C@H](COC(=O)c3cc(O)c(O)c(O)c3)[C@@H](O)[C@H](O)[C@H]2O)ccc1O. The van der Waals surface area contributed by atoms with Gasteiger partial charge in [-0.3, -0.25) is 0 Å². The second-order valence-corrected chi connectivity index (χ2v) is 8.13. The number of aromatic hydroxyl groups is 4. The highest BCUT2D eigenvalue weighted by atomic mass is 16.7. The van der Waals surface area contributed by atoms with Crippen LogP contribution in [0.2, 0.25) is 0 Å². The molecule has 1 unspecified atom stereocenters. The van der Waals surface area contributed by atoms with Gasteiger partial charge in [-0.2, -0.15) is 0 Å². The van der Waals surface area contributed by atoms with E-state index in [1.165, 1.54) is 19.2 Å². The molecule has 3 rings (SSSR count). The Morgan fingerprint density at radius 1 is 0.972 bits per heavy atom. The van der Waals surface area contributed by atoms with Crippen molar-refractivity contribution in [3.05, 3.63) is 41.5 Å². The maximum absolute atomic E-state index is 12.3. The monoisotopic (exact) mass is 512 g/mol. The smallest absolute Gasteiger partial charge is 0.338 e. The number of aliphatic hydroxyl groups excluding tert-OH is 4. The molecule has 13 heteroatoms. The summed E-state index contributed by atoms with van der Waals surface area (Å²) in [4.78, 5) is 12.3. The van der Waals surface area contributed by atoms with Crippen LogP contribution in [0.5, 0.6) is 28.7 Å². The maximum atomic E-state index is 12.3. The molecule has 198 valence electrons. The van der Waals surface area contributed by atoms with Gasteiger partial charge < -0.3 is 59.8 Å². The zero-order valence-corrected chi connectivity index (χ0v) is 19.1. The zero-order chi connectivity index (χ0) is 26.6. The standard InChI is InChI=1S/C23H28O13/c1-33-16-5-10(2-3-13(16)25)4-12(8-24)35-23-21(31)20(30)19(29)17(36-23)9-34-22(32)11-6-14(26)18(28)15(27)7-11/h2-3,5-7,12,17,19-21,23-31H,4,8-9H2,1H3/t12?,17-,19-,20+,21-,23-/m1/s1. The molecule has 0 radical (unpaired) electrons. The van der Waals surface area contributed by atoms with E-state index < -0.39 is 73.2 Å². The van der Waals surface area contributed by atoms with Crippen molar-refractivity contribution in [1.82, 2.24) is 0 Å². The lowest BCUT2D eigenvalue weighted by Gasteiger charge is -2.41. The Labute approximate surface area is 204 Å². The summed E-state index contributed by atoms with van der Waals surface area (Å²) in [5, 5.41) is 78.8. The number of phenols is 4. The number of methoxy groups -OCH3 is 1. The van der Waals surface area contributed by atoms with E-state index in [0.29, 0.717) is 5.56 Å². The Bertz CT molecular complexity index is 1040. The molecular weight excluding hydrogens is 484 g/mol. The molecule has 36 heavy (non-hydrogen) atoms. The predicted molar refractivity (Wildman–Crippen MR) is 119 cm³/mol. The Kier molecular flexibility index (Phi) is 8.79. The largest absolute Gasteiger partial charge is 0.504 e. The zero-order valence-electron chi connectivity index (χ0n) is 19.1. The predicted octanol–water partition coefficient (Wildman–Crippen LogP) is -0.898. The summed E-state index contributed by atoms with van der Waals surface area (Å²) < 4.78 is 21.2. The number of benzene rings is 2. The fourth-order valence-electron chi connectivity index (χ4n) is 3.59. The molecule has 1 heterocycles. The molecule has 8 N–H and O–H groups in total. The minimum absolute atomic E-state index is 0.0824. The third-order valence-electron chi connectivity index (χ3n) is 5.59. The number of carbonyl (C=O) groups excluding carboxylic acids is 1. The number of phenolic OH excluding ortho intramolecular Hbond substituents is 4. The maximum Gasteiger partial charge on any atom is 0.338 e. The highest BCUT2D eigenvalue weighted by Gasteiger charge is 2.45. The van der Waals surface area contributed by atoms with Crippen LogP contribution in [0.1, 0.15) is 15.9 Å². The van der Waals surface area contributed by atoms with Gasteiger partial charge in [-0.15, -0.1) is 0 Å². The van der Waals surface area contributed by atoms with Gasteiger partial charge in [0.2, 0.25) is 0 Å². The fourth-order valence-corrected chi connectivity index (χ4v) is 3.59. The van der Waals surface area contributed by atoms with Gasteiger partial charge >= 0.3 is 5.97 Å². The lowest BCUT2D eigenvalue weighted by atomic mass is 9.99. The van der Waals surface area contributed by atoms with Gasteiger partial charge in [0.15, 0.2) is 35.0 Å². The van der Waals surface area contributed by atoms with Crippen LogP contribution in [0.15, 0.2) is 30.3 Å². The third kappa shape index (κ3) is 6.07. The first-order valence-electron chi connectivity index (χ1n) is 10.8. The number of esters is 1. The quantitative estimate of drug-likeness (QED) is 0.151. The van der Waals surface area contributed by atoms with Crippen molar-refractivity contribution in [2.45, 2.75) is 43.2 Å². The van der Waals surface area contributed by atoms with Crippen LogP contribution < -0.4 is 4.74 Å². The van der Waals surface area contributed by atoms with Crippen LogP contribution in [0.4, 0.5) is 0 Å². The number of ether oxygens (including phenoxy) is 4.